The maximum absolute atomic E-state index is 13.4. The van der Waals surface area contributed by atoms with Crippen molar-refractivity contribution in [3.63, 3.8) is 0 Å². The average molecular weight is 487 g/mol. The number of nitrogens with one attached hydrogen (secondary N) is 2. The summed E-state index contributed by atoms with van der Waals surface area (Å²) in [7, 11) is 0. The molecule has 0 bridgehead atoms. The summed E-state index contributed by atoms with van der Waals surface area (Å²) >= 11 is 0. The van der Waals surface area contributed by atoms with E-state index in [4.69, 9.17) is 0 Å². The Labute approximate surface area is 196 Å². The highest BCUT2D eigenvalue weighted by atomic mass is 19.4. The maximum Gasteiger partial charge on any atom is 0.417 e. The van der Waals surface area contributed by atoms with Gasteiger partial charge in [0.05, 0.1) is 11.1 Å². The predicted octanol–water partition coefficient (Wildman–Crippen LogP) is 6.43. The Kier molecular flexibility index (Phi) is 11.2. The molecule has 34 heavy (non-hydrogen) atoms. The summed E-state index contributed by atoms with van der Waals surface area (Å²) in [5.41, 5.74) is -1.00. The first kappa shape index (κ1) is 29.1. The van der Waals surface area contributed by atoms with Crippen LogP contribution in [0.25, 0.3) is 0 Å². The second kappa shape index (κ2) is 13.1. The SMILES string of the molecule is CCC(C)NC(=O)c1c(F)cccc1C(F)(F)F.CCCC(C)NC(=O)c1cc(F)ccc1C. The highest BCUT2D eigenvalue weighted by Crippen LogP contribution is 2.33. The van der Waals surface area contributed by atoms with E-state index in [1.807, 2.05) is 6.92 Å². The van der Waals surface area contributed by atoms with Gasteiger partial charge in [-0.1, -0.05) is 32.4 Å². The molecule has 2 aromatic rings. The van der Waals surface area contributed by atoms with Crippen LogP contribution in [-0.2, 0) is 6.18 Å². The molecule has 2 amide bonds. The average Bonchev–Trinajstić information content (AvgIpc) is 2.74. The van der Waals surface area contributed by atoms with E-state index in [1.54, 1.807) is 26.8 Å². The van der Waals surface area contributed by atoms with Gasteiger partial charge < -0.3 is 10.6 Å². The number of benzene rings is 2. The van der Waals surface area contributed by atoms with Crippen molar-refractivity contribution in [3.05, 3.63) is 70.3 Å². The Balaban J connectivity index is 0.000000342. The smallest absolute Gasteiger partial charge is 0.350 e. The predicted molar refractivity (Wildman–Crippen MR) is 122 cm³/mol. The van der Waals surface area contributed by atoms with Crippen LogP contribution in [0.2, 0.25) is 0 Å². The molecule has 0 saturated carbocycles. The molecule has 4 nitrogen and oxygen atoms in total. The summed E-state index contributed by atoms with van der Waals surface area (Å²) in [4.78, 5) is 23.5. The van der Waals surface area contributed by atoms with E-state index in [-0.39, 0.29) is 23.8 Å². The van der Waals surface area contributed by atoms with E-state index in [0.29, 0.717) is 18.1 Å². The molecule has 2 unspecified atom stereocenters. The van der Waals surface area contributed by atoms with Crippen molar-refractivity contribution in [2.45, 2.75) is 72.1 Å². The lowest BCUT2D eigenvalue weighted by molar-refractivity contribution is -0.138. The van der Waals surface area contributed by atoms with E-state index in [0.717, 1.165) is 30.5 Å². The van der Waals surface area contributed by atoms with Gasteiger partial charge >= 0.3 is 6.18 Å². The number of carbonyl (C=O) groups excluding carboxylic acids is 2. The Morgan fingerprint density at radius 1 is 0.941 bits per heavy atom. The van der Waals surface area contributed by atoms with Gasteiger partial charge in [0.1, 0.15) is 11.6 Å². The van der Waals surface area contributed by atoms with Gasteiger partial charge in [0.2, 0.25) is 0 Å². The molecule has 0 radical (unpaired) electrons. The Hall–Kier alpha value is -2.97. The molecule has 2 rings (SSSR count). The lowest BCUT2D eigenvalue weighted by Crippen LogP contribution is -2.34. The zero-order valence-electron chi connectivity index (χ0n) is 19.9. The molecule has 0 fully saturated rings. The molecule has 0 saturated heterocycles. The van der Waals surface area contributed by atoms with E-state index in [1.165, 1.54) is 12.1 Å². The third kappa shape index (κ3) is 8.76. The number of hydrogen-bond acceptors (Lipinski definition) is 2. The summed E-state index contributed by atoms with van der Waals surface area (Å²) in [6.45, 7) is 9.22. The molecule has 0 aliphatic heterocycles. The molecular weight excluding hydrogens is 455 g/mol. The zero-order valence-corrected chi connectivity index (χ0v) is 19.9. The summed E-state index contributed by atoms with van der Waals surface area (Å²) in [5.74, 6) is -2.79. The molecule has 0 aliphatic carbocycles. The standard InChI is InChI=1S/C13H18FNO.C12H13F4NO/c1-4-5-10(3)15-13(16)12-8-11(14)7-6-9(12)2;1-3-7(2)17-11(18)10-8(12(14,15)16)5-4-6-9(10)13/h6-8,10H,4-5H2,1-3H3,(H,15,16);4-7H,3H2,1-2H3,(H,17,18). The third-order valence-electron chi connectivity index (χ3n) is 5.08. The molecular formula is C25H31F5N2O2. The topological polar surface area (TPSA) is 58.2 Å². The van der Waals surface area contributed by atoms with Gasteiger partial charge in [-0.2, -0.15) is 13.2 Å². The van der Waals surface area contributed by atoms with E-state index in [2.05, 4.69) is 17.6 Å². The van der Waals surface area contributed by atoms with Crippen LogP contribution >= 0.6 is 0 Å². The second-order valence-corrected chi connectivity index (χ2v) is 8.07. The summed E-state index contributed by atoms with van der Waals surface area (Å²) in [6.07, 6.45) is -2.27. The number of aryl methyl sites for hydroxylation is 1. The number of carbonyl (C=O) groups is 2. The molecule has 0 heterocycles. The number of rotatable bonds is 7. The highest BCUT2D eigenvalue weighted by molar-refractivity contribution is 5.96. The van der Waals surface area contributed by atoms with Crippen LogP contribution in [0.3, 0.4) is 0 Å². The van der Waals surface area contributed by atoms with Crippen LogP contribution in [0.15, 0.2) is 36.4 Å². The fraction of sp³-hybridized carbons (Fsp3) is 0.440. The van der Waals surface area contributed by atoms with Crippen LogP contribution in [0.4, 0.5) is 22.0 Å². The quantitative estimate of drug-likeness (QED) is 0.444. The molecule has 2 atom stereocenters. The van der Waals surface area contributed by atoms with Crippen LogP contribution in [0.5, 0.6) is 0 Å². The van der Waals surface area contributed by atoms with Crippen molar-refractivity contribution in [2.75, 3.05) is 0 Å². The fourth-order valence-electron chi connectivity index (χ4n) is 3.03. The molecule has 9 heteroatoms. The molecule has 2 aromatic carbocycles. The zero-order chi connectivity index (χ0) is 26.1. The first-order valence-electron chi connectivity index (χ1n) is 11.0. The summed E-state index contributed by atoms with van der Waals surface area (Å²) < 4.78 is 64.4. The molecule has 0 spiro atoms. The van der Waals surface area contributed by atoms with Crippen molar-refractivity contribution in [2.24, 2.45) is 0 Å². The van der Waals surface area contributed by atoms with Crippen molar-refractivity contribution in [1.29, 1.82) is 0 Å². The molecule has 0 aliphatic rings. The number of alkyl halides is 3. The number of hydrogen-bond donors (Lipinski definition) is 2. The Morgan fingerprint density at radius 3 is 2.12 bits per heavy atom. The second-order valence-electron chi connectivity index (χ2n) is 8.07. The monoisotopic (exact) mass is 486 g/mol. The number of amides is 2. The van der Waals surface area contributed by atoms with E-state index in [9.17, 15) is 31.5 Å². The molecule has 2 N–H and O–H groups in total. The normalized spacial score (nSPS) is 12.8. The highest BCUT2D eigenvalue weighted by Gasteiger charge is 2.36. The fourth-order valence-corrected chi connectivity index (χ4v) is 3.03. The molecule has 188 valence electrons. The first-order valence-corrected chi connectivity index (χ1v) is 11.0. The van der Waals surface area contributed by atoms with Gasteiger partial charge in [-0.25, -0.2) is 8.78 Å². The first-order chi connectivity index (χ1) is 15.8. The van der Waals surface area contributed by atoms with Crippen LogP contribution in [-0.4, -0.2) is 23.9 Å². The maximum atomic E-state index is 13.4. The Bertz CT molecular complexity index is 976. The van der Waals surface area contributed by atoms with Gasteiger partial charge in [-0.15, -0.1) is 0 Å². The van der Waals surface area contributed by atoms with Crippen molar-refractivity contribution < 1.29 is 31.5 Å². The van der Waals surface area contributed by atoms with Crippen molar-refractivity contribution >= 4 is 11.8 Å². The van der Waals surface area contributed by atoms with Crippen LogP contribution < -0.4 is 10.6 Å². The van der Waals surface area contributed by atoms with Gasteiger partial charge in [0, 0.05) is 17.6 Å². The van der Waals surface area contributed by atoms with Gasteiger partial charge in [-0.05, 0) is 63.4 Å². The van der Waals surface area contributed by atoms with Crippen LogP contribution in [0.1, 0.15) is 78.8 Å². The minimum absolute atomic E-state index is 0.125. The Morgan fingerprint density at radius 2 is 1.56 bits per heavy atom. The van der Waals surface area contributed by atoms with E-state index < -0.39 is 29.0 Å². The van der Waals surface area contributed by atoms with Crippen molar-refractivity contribution in [3.8, 4) is 0 Å². The van der Waals surface area contributed by atoms with Gasteiger partial charge in [-0.3, -0.25) is 9.59 Å². The minimum Gasteiger partial charge on any atom is -0.350 e. The van der Waals surface area contributed by atoms with Gasteiger partial charge in [0.15, 0.2) is 0 Å². The largest absolute Gasteiger partial charge is 0.417 e. The molecule has 0 aromatic heterocycles. The van der Waals surface area contributed by atoms with E-state index >= 15 is 0 Å². The summed E-state index contributed by atoms with van der Waals surface area (Å²) in [6, 6.07) is 6.52. The lowest BCUT2D eigenvalue weighted by Gasteiger charge is -2.16. The van der Waals surface area contributed by atoms with Crippen molar-refractivity contribution in [1.82, 2.24) is 10.6 Å². The van der Waals surface area contributed by atoms with Crippen LogP contribution in [0, 0.1) is 18.6 Å². The minimum atomic E-state index is -4.76. The summed E-state index contributed by atoms with van der Waals surface area (Å²) in [5, 5.41) is 5.18. The lowest BCUT2D eigenvalue weighted by atomic mass is 10.1. The van der Waals surface area contributed by atoms with Gasteiger partial charge in [0.25, 0.3) is 11.8 Å². The number of halogens is 5. The third-order valence-corrected chi connectivity index (χ3v) is 5.08.